The highest BCUT2D eigenvalue weighted by molar-refractivity contribution is 5.71. The van der Waals surface area contributed by atoms with Crippen molar-refractivity contribution in [2.45, 2.75) is 13.5 Å². The summed E-state index contributed by atoms with van der Waals surface area (Å²) >= 11 is 0. The fourth-order valence-electron chi connectivity index (χ4n) is 1.82. The van der Waals surface area contributed by atoms with Gasteiger partial charge in [-0.15, -0.1) is 6.58 Å². The number of esters is 1. The number of halogens is 1. The smallest absolute Gasteiger partial charge is 0.320 e. The molecule has 0 aromatic heterocycles. The van der Waals surface area contributed by atoms with Gasteiger partial charge in [-0.2, -0.15) is 5.26 Å². The molecular weight excluding hydrogens is 259 g/mol. The minimum absolute atomic E-state index is 0.0955. The van der Waals surface area contributed by atoms with E-state index in [1.54, 1.807) is 24.0 Å². The number of nitrogens with zero attached hydrogens (tertiary/aromatic N) is 2. The second-order valence-electron chi connectivity index (χ2n) is 4.22. The summed E-state index contributed by atoms with van der Waals surface area (Å²) in [5, 5.41) is 8.82. The molecule has 0 heterocycles. The summed E-state index contributed by atoms with van der Waals surface area (Å²) in [6.45, 7) is 6.59. The van der Waals surface area contributed by atoms with Crippen LogP contribution in [0.3, 0.4) is 0 Å². The zero-order valence-corrected chi connectivity index (χ0v) is 11.4. The molecule has 1 aromatic rings. The SMILES string of the molecule is C=CCN(CC(=O)OCC)Cc1cc(F)cc(C#N)c1. The van der Waals surface area contributed by atoms with E-state index in [1.165, 1.54) is 12.1 Å². The van der Waals surface area contributed by atoms with Gasteiger partial charge in [-0.05, 0) is 30.7 Å². The monoisotopic (exact) mass is 276 g/mol. The Balaban J connectivity index is 2.79. The van der Waals surface area contributed by atoms with Crippen LogP contribution in [0, 0.1) is 17.1 Å². The van der Waals surface area contributed by atoms with Gasteiger partial charge in [-0.1, -0.05) is 6.08 Å². The molecule has 0 aliphatic rings. The molecule has 0 aliphatic carbocycles. The molecule has 0 spiro atoms. The van der Waals surface area contributed by atoms with E-state index in [2.05, 4.69) is 6.58 Å². The maximum Gasteiger partial charge on any atom is 0.320 e. The van der Waals surface area contributed by atoms with Gasteiger partial charge in [0.1, 0.15) is 5.82 Å². The Hall–Kier alpha value is -2.19. The van der Waals surface area contributed by atoms with Crippen LogP contribution in [-0.4, -0.2) is 30.6 Å². The van der Waals surface area contributed by atoms with Crippen molar-refractivity contribution in [3.63, 3.8) is 0 Å². The van der Waals surface area contributed by atoms with Gasteiger partial charge < -0.3 is 4.74 Å². The second kappa shape index (κ2) is 8.08. The first-order chi connectivity index (χ1) is 9.58. The van der Waals surface area contributed by atoms with E-state index in [4.69, 9.17) is 10.00 Å². The van der Waals surface area contributed by atoms with E-state index < -0.39 is 5.82 Å². The molecule has 0 amide bonds. The molecule has 5 heteroatoms. The summed E-state index contributed by atoms with van der Waals surface area (Å²) in [5.74, 6) is -0.806. The zero-order chi connectivity index (χ0) is 15.0. The van der Waals surface area contributed by atoms with E-state index in [0.717, 1.165) is 0 Å². The standard InChI is InChI=1S/C15H17FN2O2/c1-3-5-18(11-15(19)20-4-2)10-13-6-12(9-17)7-14(16)8-13/h3,6-8H,1,4-5,10-11H2,2H3. The van der Waals surface area contributed by atoms with Crippen LogP contribution in [0.25, 0.3) is 0 Å². The number of hydrogen-bond donors (Lipinski definition) is 0. The van der Waals surface area contributed by atoms with E-state index >= 15 is 0 Å². The van der Waals surface area contributed by atoms with Gasteiger partial charge in [-0.25, -0.2) is 4.39 Å². The lowest BCUT2D eigenvalue weighted by atomic mass is 10.1. The van der Waals surface area contributed by atoms with Gasteiger partial charge in [0.05, 0.1) is 24.8 Å². The molecule has 0 N–H and O–H groups in total. The molecule has 106 valence electrons. The molecule has 0 atom stereocenters. The van der Waals surface area contributed by atoms with Gasteiger partial charge in [0.25, 0.3) is 0 Å². The lowest BCUT2D eigenvalue weighted by Gasteiger charge is -2.19. The fourth-order valence-corrected chi connectivity index (χ4v) is 1.82. The van der Waals surface area contributed by atoms with Crippen molar-refractivity contribution in [3.05, 3.63) is 47.8 Å². The summed E-state index contributed by atoms with van der Waals surface area (Å²) in [5.41, 5.74) is 0.891. The Morgan fingerprint density at radius 3 is 2.90 bits per heavy atom. The van der Waals surface area contributed by atoms with E-state index in [9.17, 15) is 9.18 Å². The van der Waals surface area contributed by atoms with E-state index in [1.807, 2.05) is 6.07 Å². The molecule has 0 saturated carbocycles. The van der Waals surface area contributed by atoms with Crippen LogP contribution in [0.1, 0.15) is 18.1 Å². The highest BCUT2D eigenvalue weighted by atomic mass is 19.1. The fraction of sp³-hybridized carbons (Fsp3) is 0.333. The van der Waals surface area contributed by atoms with Crippen LogP contribution >= 0.6 is 0 Å². The number of hydrogen-bond acceptors (Lipinski definition) is 4. The number of carbonyl (C=O) groups is 1. The third-order valence-electron chi connectivity index (χ3n) is 2.54. The van der Waals surface area contributed by atoms with Crippen molar-refractivity contribution < 1.29 is 13.9 Å². The van der Waals surface area contributed by atoms with Crippen molar-refractivity contribution >= 4 is 5.97 Å². The average Bonchev–Trinajstić information content (AvgIpc) is 2.38. The Morgan fingerprint density at radius 2 is 2.30 bits per heavy atom. The Bertz CT molecular complexity index is 523. The lowest BCUT2D eigenvalue weighted by Crippen LogP contribution is -2.30. The highest BCUT2D eigenvalue weighted by Crippen LogP contribution is 2.11. The van der Waals surface area contributed by atoms with E-state index in [-0.39, 0.29) is 18.1 Å². The van der Waals surface area contributed by atoms with Crippen molar-refractivity contribution in [2.24, 2.45) is 0 Å². The van der Waals surface area contributed by atoms with Gasteiger partial charge in [0.15, 0.2) is 0 Å². The van der Waals surface area contributed by atoms with Crippen LogP contribution in [0.5, 0.6) is 0 Å². The third kappa shape index (κ3) is 5.21. The first kappa shape index (κ1) is 15.9. The molecule has 1 rings (SSSR count). The summed E-state index contributed by atoms with van der Waals surface area (Å²) in [6, 6.07) is 6.03. The molecule has 0 unspecified atom stereocenters. The Kier molecular flexibility index (Phi) is 6.41. The van der Waals surface area contributed by atoms with Crippen LogP contribution < -0.4 is 0 Å². The first-order valence-electron chi connectivity index (χ1n) is 6.27. The first-order valence-corrected chi connectivity index (χ1v) is 6.27. The summed E-state index contributed by atoms with van der Waals surface area (Å²) in [7, 11) is 0. The Morgan fingerprint density at radius 1 is 1.55 bits per heavy atom. The predicted octanol–water partition coefficient (Wildman–Crippen LogP) is 2.25. The van der Waals surface area contributed by atoms with Crippen molar-refractivity contribution in [3.8, 4) is 6.07 Å². The Labute approximate surface area is 118 Å². The minimum Gasteiger partial charge on any atom is -0.465 e. The van der Waals surface area contributed by atoms with Crippen LogP contribution in [0.4, 0.5) is 4.39 Å². The van der Waals surface area contributed by atoms with Crippen LogP contribution in [0.2, 0.25) is 0 Å². The van der Waals surface area contributed by atoms with Gasteiger partial charge in [-0.3, -0.25) is 9.69 Å². The maximum absolute atomic E-state index is 13.4. The summed E-state index contributed by atoms with van der Waals surface area (Å²) in [4.78, 5) is 13.2. The van der Waals surface area contributed by atoms with E-state index in [0.29, 0.717) is 25.3 Å². The minimum atomic E-state index is -0.464. The topological polar surface area (TPSA) is 53.3 Å². The quantitative estimate of drug-likeness (QED) is 0.566. The highest BCUT2D eigenvalue weighted by Gasteiger charge is 2.12. The molecule has 0 bridgehead atoms. The van der Waals surface area contributed by atoms with Crippen LogP contribution in [0.15, 0.2) is 30.9 Å². The van der Waals surface area contributed by atoms with Gasteiger partial charge >= 0.3 is 5.97 Å². The van der Waals surface area contributed by atoms with Crippen molar-refractivity contribution in [2.75, 3.05) is 19.7 Å². The summed E-state index contributed by atoms with van der Waals surface area (Å²) < 4.78 is 18.2. The number of ether oxygens (including phenoxy) is 1. The zero-order valence-electron chi connectivity index (χ0n) is 11.4. The molecule has 1 aromatic carbocycles. The van der Waals surface area contributed by atoms with Crippen molar-refractivity contribution in [1.82, 2.24) is 4.90 Å². The second-order valence-corrected chi connectivity index (χ2v) is 4.22. The average molecular weight is 276 g/mol. The molecule has 20 heavy (non-hydrogen) atoms. The predicted molar refractivity (Wildman–Crippen MR) is 73.2 cm³/mol. The van der Waals surface area contributed by atoms with Gasteiger partial charge in [0, 0.05) is 13.1 Å². The molecule has 0 aliphatic heterocycles. The number of benzene rings is 1. The molecule has 0 saturated heterocycles. The maximum atomic E-state index is 13.4. The molecule has 0 radical (unpaired) electrons. The number of carbonyl (C=O) groups excluding carboxylic acids is 1. The van der Waals surface area contributed by atoms with Gasteiger partial charge in [0.2, 0.25) is 0 Å². The molecule has 0 fully saturated rings. The lowest BCUT2D eigenvalue weighted by molar-refractivity contribution is -0.144. The summed E-state index contributed by atoms with van der Waals surface area (Å²) in [6.07, 6.45) is 1.66. The number of rotatable bonds is 7. The largest absolute Gasteiger partial charge is 0.465 e. The molecule has 4 nitrogen and oxygen atoms in total. The molecular formula is C15H17FN2O2. The number of nitriles is 1. The van der Waals surface area contributed by atoms with Crippen LogP contribution in [-0.2, 0) is 16.1 Å². The third-order valence-corrected chi connectivity index (χ3v) is 2.54. The van der Waals surface area contributed by atoms with Crippen molar-refractivity contribution in [1.29, 1.82) is 5.26 Å². The normalized spacial score (nSPS) is 10.1.